The molecule has 164 valence electrons. The first-order valence-electron chi connectivity index (χ1n) is 10.3. The zero-order chi connectivity index (χ0) is 22.5. The Kier molecular flexibility index (Phi) is 6.89. The Balaban J connectivity index is 1.71. The van der Waals surface area contributed by atoms with E-state index in [-0.39, 0.29) is 23.3 Å². The molecule has 0 aliphatic heterocycles. The number of amides is 3. The summed E-state index contributed by atoms with van der Waals surface area (Å²) >= 11 is 0. The lowest BCUT2D eigenvalue weighted by Gasteiger charge is -2.35. The molecule has 0 spiro atoms. The first-order chi connectivity index (χ1) is 14.8. The minimum absolute atomic E-state index is 0.0272. The van der Waals surface area contributed by atoms with E-state index in [0.717, 1.165) is 6.42 Å². The number of hydrogen-bond donors (Lipinski definition) is 2. The van der Waals surface area contributed by atoms with E-state index in [1.54, 1.807) is 61.6 Å². The zero-order valence-corrected chi connectivity index (χ0v) is 17.8. The van der Waals surface area contributed by atoms with Crippen LogP contribution in [0.5, 0.6) is 0 Å². The summed E-state index contributed by atoms with van der Waals surface area (Å²) in [5.41, 5.74) is 6.47. The second-order valence-electron chi connectivity index (χ2n) is 8.22. The smallest absolute Gasteiger partial charge is 0.255 e. The van der Waals surface area contributed by atoms with E-state index in [4.69, 9.17) is 5.73 Å². The average Bonchev–Trinajstić information content (AvgIpc) is 2.74. The van der Waals surface area contributed by atoms with E-state index in [2.05, 4.69) is 5.32 Å². The van der Waals surface area contributed by atoms with Crippen LogP contribution in [0.4, 0.5) is 0 Å². The molecule has 1 saturated carbocycles. The molecule has 31 heavy (non-hydrogen) atoms. The van der Waals surface area contributed by atoms with Crippen molar-refractivity contribution in [2.24, 2.45) is 17.6 Å². The summed E-state index contributed by atoms with van der Waals surface area (Å²) < 4.78 is 1.48. The van der Waals surface area contributed by atoms with Gasteiger partial charge in [-0.25, -0.2) is 0 Å². The summed E-state index contributed by atoms with van der Waals surface area (Å²) in [5.74, 6) is -1.11. The van der Waals surface area contributed by atoms with E-state index in [1.165, 1.54) is 10.6 Å². The Bertz CT molecular complexity index is 1010. The summed E-state index contributed by atoms with van der Waals surface area (Å²) in [6.45, 7) is 0. The normalized spacial score (nSPS) is 20.6. The van der Waals surface area contributed by atoms with Gasteiger partial charge in [-0.3, -0.25) is 23.7 Å². The lowest BCUT2D eigenvalue weighted by atomic mass is 9.76. The van der Waals surface area contributed by atoms with Crippen LogP contribution in [0.2, 0.25) is 0 Å². The molecule has 0 radical (unpaired) electrons. The third-order valence-corrected chi connectivity index (χ3v) is 5.83. The number of carbonyl (C=O) groups excluding carboxylic acids is 3. The van der Waals surface area contributed by atoms with Gasteiger partial charge in [0.1, 0.15) is 0 Å². The van der Waals surface area contributed by atoms with Crippen molar-refractivity contribution < 1.29 is 14.4 Å². The topological polar surface area (TPSA) is 114 Å². The van der Waals surface area contributed by atoms with Crippen LogP contribution in [0, 0.1) is 11.8 Å². The first-order valence-corrected chi connectivity index (χ1v) is 10.3. The molecule has 1 fully saturated rings. The Morgan fingerprint density at radius 3 is 2.42 bits per heavy atom. The second kappa shape index (κ2) is 9.59. The summed E-state index contributed by atoms with van der Waals surface area (Å²) in [4.78, 5) is 50.3. The highest BCUT2D eigenvalue weighted by atomic mass is 16.2. The van der Waals surface area contributed by atoms with Gasteiger partial charge in [-0.2, -0.15) is 0 Å². The number of carbonyl (C=O) groups is 3. The van der Waals surface area contributed by atoms with Crippen molar-refractivity contribution in [1.82, 2.24) is 14.8 Å². The van der Waals surface area contributed by atoms with Gasteiger partial charge in [0.05, 0.1) is 5.92 Å². The van der Waals surface area contributed by atoms with Crippen molar-refractivity contribution in [3.05, 3.63) is 64.6 Å². The molecule has 0 saturated heterocycles. The van der Waals surface area contributed by atoms with Crippen molar-refractivity contribution in [3.8, 4) is 5.69 Å². The molecular formula is C23H28N4O4. The van der Waals surface area contributed by atoms with Gasteiger partial charge < -0.3 is 16.0 Å². The van der Waals surface area contributed by atoms with Crippen LogP contribution in [0.15, 0.2) is 53.5 Å². The molecule has 1 aromatic heterocycles. The molecule has 8 nitrogen and oxygen atoms in total. The zero-order valence-electron chi connectivity index (χ0n) is 17.8. The highest BCUT2D eigenvalue weighted by Gasteiger charge is 2.35. The highest BCUT2D eigenvalue weighted by Crippen LogP contribution is 2.31. The third kappa shape index (κ3) is 5.39. The molecule has 1 heterocycles. The van der Waals surface area contributed by atoms with Gasteiger partial charge in [0.15, 0.2) is 0 Å². The quantitative estimate of drug-likeness (QED) is 0.728. The number of nitrogens with one attached hydrogen (secondary N) is 1. The van der Waals surface area contributed by atoms with E-state index in [1.807, 2.05) is 0 Å². The van der Waals surface area contributed by atoms with Crippen LogP contribution in [0.25, 0.3) is 5.69 Å². The second-order valence-corrected chi connectivity index (χ2v) is 8.22. The van der Waals surface area contributed by atoms with Crippen molar-refractivity contribution in [2.75, 3.05) is 14.1 Å². The van der Waals surface area contributed by atoms with Crippen molar-refractivity contribution in [2.45, 2.75) is 31.7 Å². The predicted octanol–water partition coefficient (Wildman–Crippen LogP) is 1.32. The third-order valence-electron chi connectivity index (χ3n) is 5.83. The molecule has 3 rings (SSSR count). The van der Waals surface area contributed by atoms with Gasteiger partial charge in [-0.1, -0.05) is 6.07 Å². The van der Waals surface area contributed by atoms with Gasteiger partial charge in [-0.15, -0.1) is 0 Å². The Morgan fingerprint density at radius 2 is 1.81 bits per heavy atom. The Morgan fingerprint density at radius 1 is 1.10 bits per heavy atom. The molecule has 1 aromatic carbocycles. The Labute approximate surface area is 181 Å². The van der Waals surface area contributed by atoms with Crippen LogP contribution >= 0.6 is 0 Å². The van der Waals surface area contributed by atoms with E-state index in [9.17, 15) is 19.2 Å². The summed E-state index contributed by atoms with van der Waals surface area (Å²) in [7, 11) is 3.42. The number of primary amides is 1. The fourth-order valence-electron chi connectivity index (χ4n) is 4.04. The minimum atomic E-state index is -0.461. The average molecular weight is 425 g/mol. The molecule has 3 amide bonds. The van der Waals surface area contributed by atoms with Crippen LogP contribution in [0.1, 0.15) is 36.0 Å². The van der Waals surface area contributed by atoms with Crippen LogP contribution < -0.4 is 16.6 Å². The van der Waals surface area contributed by atoms with Crippen LogP contribution in [0.3, 0.4) is 0 Å². The number of pyridine rings is 1. The Hall–Kier alpha value is -3.42. The van der Waals surface area contributed by atoms with Gasteiger partial charge in [0.25, 0.3) is 11.5 Å². The van der Waals surface area contributed by atoms with Gasteiger partial charge >= 0.3 is 0 Å². The first kappa shape index (κ1) is 22.3. The van der Waals surface area contributed by atoms with Crippen LogP contribution in [-0.2, 0) is 9.59 Å². The number of nitrogens with two attached hydrogens (primary N) is 1. The molecule has 2 aromatic rings. The largest absolute Gasteiger partial charge is 0.369 e. The summed E-state index contributed by atoms with van der Waals surface area (Å²) in [5, 5.41) is 2.94. The summed E-state index contributed by atoms with van der Waals surface area (Å²) in [6, 6.07) is 11.1. The van der Waals surface area contributed by atoms with Gasteiger partial charge in [0.2, 0.25) is 11.8 Å². The maximum Gasteiger partial charge on any atom is 0.255 e. The molecule has 8 heteroatoms. The number of hydrogen-bond acceptors (Lipinski definition) is 4. The molecule has 1 aliphatic carbocycles. The maximum atomic E-state index is 12.8. The highest BCUT2D eigenvalue weighted by molar-refractivity contribution is 5.95. The van der Waals surface area contributed by atoms with E-state index >= 15 is 0 Å². The molecule has 3 N–H and O–H groups in total. The number of aromatic nitrogens is 1. The SMILES string of the molecule is CN(C)C(=O)CC1CCC(C(N)=O)C(NC(=O)c2ccc(-n3ccccc3=O)cc2)C1. The fraction of sp³-hybridized carbons (Fsp3) is 0.391. The minimum Gasteiger partial charge on any atom is -0.369 e. The fourth-order valence-corrected chi connectivity index (χ4v) is 4.04. The van der Waals surface area contributed by atoms with Crippen molar-refractivity contribution in [1.29, 1.82) is 0 Å². The maximum absolute atomic E-state index is 12.8. The van der Waals surface area contributed by atoms with Crippen molar-refractivity contribution >= 4 is 17.7 Å². The summed E-state index contributed by atoms with van der Waals surface area (Å²) in [6.07, 6.45) is 3.83. The number of benzene rings is 1. The van der Waals surface area contributed by atoms with E-state index in [0.29, 0.717) is 30.5 Å². The molecule has 3 atom stereocenters. The molecule has 0 bridgehead atoms. The predicted molar refractivity (Wildman–Crippen MR) is 117 cm³/mol. The van der Waals surface area contributed by atoms with Crippen molar-refractivity contribution in [3.63, 3.8) is 0 Å². The van der Waals surface area contributed by atoms with Gasteiger partial charge in [-0.05, 0) is 55.5 Å². The lowest BCUT2D eigenvalue weighted by Crippen LogP contribution is -2.49. The number of nitrogens with zero attached hydrogens (tertiary/aromatic N) is 2. The molecule has 1 aliphatic rings. The standard InChI is InChI=1S/C23H28N4O4/c1-26(2)21(29)14-15-6-11-18(22(24)30)19(13-15)25-23(31)16-7-9-17(10-8-16)27-12-4-3-5-20(27)28/h3-5,7-10,12,15,18-19H,6,11,13-14H2,1-2H3,(H2,24,30)(H,25,31). The van der Waals surface area contributed by atoms with Crippen LogP contribution in [-0.4, -0.2) is 47.3 Å². The van der Waals surface area contributed by atoms with E-state index < -0.39 is 17.9 Å². The monoisotopic (exact) mass is 424 g/mol. The van der Waals surface area contributed by atoms with Gasteiger partial charge in [0, 0.05) is 50.1 Å². The lowest BCUT2D eigenvalue weighted by molar-refractivity contribution is -0.130. The number of rotatable bonds is 6. The molecule has 3 unspecified atom stereocenters. The molecular weight excluding hydrogens is 396 g/mol.